The molecule has 1 aromatic carbocycles. The third kappa shape index (κ3) is 3.62. The molecule has 0 radical (unpaired) electrons. The number of hydrogen-bond acceptors (Lipinski definition) is 5. The zero-order valence-electron chi connectivity index (χ0n) is 13.2. The van der Waals surface area contributed by atoms with Gasteiger partial charge in [-0.25, -0.2) is 0 Å². The molecule has 3 N–H and O–H groups in total. The number of β-amino-alcohol motifs (C(OH)–C–C–N with tert-alkyl or cyclic N) is 1. The topological polar surface area (TPSA) is 89.9 Å². The Labute approximate surface area is 147 Å². The molecule has 0 aromatic heterocycles. The van der Waals surface area contributed by atoms with Crippen molar-refractivity contribution in [2.75, 3.05) is 18.5 Å². The summed E-state index contributed by atoms with van der Waals surface area (Å²) in [7, 11) is 0. The SMILES string of the molecule is O=C1C=C(Nc2ccc(C(O)(C(F)(F)F)C(F)(F)F)cc2)C(=O)N1CCO. The highest BCUT2D eigenvalue weighted by Crippen LogP contribution is 2.50. The lowest BCUT2D eigenvalue weighted by Crippen LogP contribution is -2.53. The molecular weight excluding hydrogens is 386 g/mol. The maximum atomic E-state index is 12.8. The number of aliphatic hydroxyl groups excluding tert-OH is 1. The van der Waals surface area contributed by atoms with Crippen molar-refractivity contribution >= 4 is 17.5 Å². The first-order valence-corrected chi connectivity index (χ1v) is 7.24. The fraction of sp³-hybridized carbons (Fsp3) is 0.333. The Hall–Kier alpha value is -2.60. The van der Waals surface area contributed by atoms with Crippen molar-refractivity contribution in [3.05, 3.63) is 41.6 Å². The fourth-order valence-electron chi connectivity index (χ4n) is 2.35. The Morgan fingerprint density at radius 2 is 1.48 bits per heavy atom. The number of hydrogen-bond donors (Lipinski definition) is 3. The zero-order valence-corrected chi connectivity index (χ0v) is 13.2. The van der Waals surface area contributed by atoms with Crippen molar-refractivity contribution in [2.24, 2.45) is 0 Å². The summed E-state index contributed by atoms with van der Waals surface area (Å²) >= 11 is 0. The van der Waals surface area contributed by atoms with E-state index in [1.165, 1.54) is 0 Å². The van der Waals surface area contributed by atoms with E-state index in [4.69, 9.17) is 5.11 Å². The Morgan fingerprint density at radius 3 is 1.93 bits per heavy atom. The minimum Gasteiger partial charge on any atom is -0.395 e. The van der Waals surface area contributed by atoms with Crippen LogP contribution in [0.1, 0.15) is 5.56 Å². The molecule has 27 heavy (non-hydrogen) atoms. The number of amides is 2. The van der Waals surface area contributed by atoms with Crippen molar-refractivity contribution in [1.82, 2.24) is 4.90 Å². The van der Waals surface area contributed by atoms with Gasteiger partial charge in [0, 0.05) is 17.3 Å². The van der Waals surface area contributed by atoms with Gasteiger partial charge in [0.1, 0.15) is 5.70 Å². The Bertz CT molecular complexity index is 756. The molecule has 1 aliphatic rings. The van der Waals surface area contributed by atoms with Gasteiger partial charge >= 0.3 is 12.4 Å². The third-order valence-electron chi connectivity index (χ3n) is 3.74. The summed E-state index contributed by atoms with van der Waals surface area (Å²) in [5.41, 5.74) is -6.89. The maximum absolute atomic E-state index is 12.8. The Kier molecular flexibility index (Phi) is 5.25. The highest BCUT2D eigenvalue weighted by molar-refractivity contribution is 6.17. The standard InChI is InChI=1S/C15H12F6N2O4/c16-14(17,18)13(27,15(19,20)21)8-1-3-9(4-2-8)22-10-7-11(25)23(5-6-24)12(10)26/h1-4,7,22,24,27H,5-6H2. The predicted molar refractivity (Wildman–Crippen MR) is 78.0 cm³/mol. The third-order valence-corrected chi connectivity index (χ3v) is 3.74. The van der Waals surface area contributed by atoms with E-state index in [2.05, 4.69) is 5.32 Å². The average Bonchev–Trinajstić information content (AvgIpc) is 2.80. The van der Waals surface area contributed by atoms with Crippen LogP contribution in [0, 0.1) is 0 Å². The second-order valence-electron chi connectivity index (χ2n) is 5.48. The van der Waals surface area contributed by atoms with Gasteiger partial charge in [0.05, 0.1) is 13.2 Å². The van der Waals surface area contributed by atoms with Gasteiger partial charge in [-0.3, -0.25) is 14.5 Å². The summed E-state index contributed by atoms with van der Waals surface area (Å²) in [6.45, 7) is -0.761. The smallest absolute Gasteiger partial charge is 0.395 e. The van der Waals surface area contributed by atoms with E-state index in [1.54, 1.807) is 0 Å². The molecule has 12 heteroatoms. The highest BCUT2D eigenvalue weighted by atomic mass is 19.4. The number of halogens is 6. The van der Waals surface area contributed by atoms with Gasteiger partial charge in [-0.15, -0.1) is 0 Å². The summed E-state index contributed by atoms with van der Waals surface area (Å²) in [6.07, 6.45) is -11.2. The van der Waals surface area contributed by atoms with Crippen LogP contribution in [0.15, 0.2) is 36.0 Å². The number of nitrogens with zero attached hydrogens (tertiary/aromatic N) is 1. The van der Waals surface area contributed by atoms with Crippen molar-refractivity contribution in [3.8, 4) is 0 Å². The first-order chi connectivity index (χ1) is 12.3. The van der Waals surface area contributed by atoms with Gasteiger partial charge in [0.15, 0.2) is 0 Å². The van der Waals surface area contributed by atoms with Gasteiger partial charge in [-0.2, -0.15) is 26.3 Å². The molecule has 1 aromatic rings. The van der Waals surface area contributed by atoms with Crippen LogP contribution in [0.2, 0.25) is 0 Å². The van der Waals surface area contributed by atoms with Crippen molar-refractivity contribution in [1.29, 1.82) is 0 Å². The minimum atomic E-state index is -6.01. The maximum Gasteiger partial charge on any atom is 0.430 e. The molecule has 6 nitrogen and oxygen atoms in total. The van der Waals surface area contributed by atoms with Crippen LogP contribution >= 0.6 is 0 Å². The number of benzene rings is 1. The van der Waals surface area contributed by atoms with Crippen LogP contribution in [0.25, 0.3) is 0 Å². The van der Waals surface area contributed by atoms with E-state index in [0.29, 0.717) is 17.0 Å². The van der Waals surface area contributed by atoms with Crippen LogP contribution in [0.5, 0.6) is 0 Å². The summed E-state index contributed by atoms with van der Waals surface area (Å²) in [5.74, 6) is -1.56. The summed E-state index contributed by atoms with van der Waals surface area (Å²) in [6, 6.07) is 2.36. The normalized spacial score (nSPS) is 16.0. The molecule has 1 heterocycles. The lowest BCUT2D eigenvalue weighted by Gasteiger charge is -2.32. The molecule has 0 spiro atoms. The molecule has 0 fully saturated rings. The fourth-order valence-corrected chi connectivity index (χ4v) is 2.35. The lowest BCUT2D eigenvalue weighted by atomic mass is 9.92. The molecule has 0 bridgehead atoms. The molecule has 0 saturated carbocycles. The van der Waals surface area contributed by atoms with E-state index in [-0.39, 0.29) is 17.9 Å². The molecule has 0 atom stereocenters. The van der Waals surface area contributed by atoms with E-state index >= 15 is 0 Å². The van der Waals surface area contributed by atoms with Crippen LogP contribution in [0.4, 0.5) is 32.0 Å². The van der Waals surface area contributed by atoms with Crippen LogP contribution in [-0.4, -0.2) is 52.4 Å². The summed E-state index contributed by atoms with van der Waals surface area (Å²) < 4.78 is 76.9. The predicted octanol–water partition coefficient (Wildman–Crippen LogP) is 1.66. The monoisotopic (exact) mass is 398 g/mol. The number of aliphatic hydroxyl groups is 2. The average molecular weight is 398 g/mol. The molecule has 148 valence electrons. The van der Waals surface area contributed by atoms with Gasteiger partial charge < -0.3 is 15.5 Å². The van der Waals surface area contributed by atoms with E-state index in [0.717, 1.165) is 18.2 Å². The largest absolute Gasteiger partial charge is 0.430 e. The number of alkyl halides is 6. The first kappa shape index (κ1) is 20.7. The second-order valence-corrected chi connectivity index (χ2v) is 5.48. The van der Waals surface area contributed by atoms with Crippen molar-refractivity contribution in [3.63, 3.8) is 0 Å². The van der Waals surface area contributed by atoms with Crippen LogP contribution < -0.4 is 5.32 Å². The number of anilines is 1. The van der Waals surface area contributed by atoms with Gasteiger partial charge in [0.2, 0.25) is 0 Å². The van der Waals surface area contributed by atoms with Gasteiger partial charge in [-0.05, 0) is 12.1 Å². The van der Waals surface area contributed by atoms with Gasteiger partial charge in [-0.1, -0.05) is 12.1 Å². The quantitative estimate of drug-likeness (QED) is 0.519. The number of carbonyl (C=O) groups excluding carboxylic acids is 2. The van der Waals surface area contributed by atoms with Crippen molar-refractivity contribution in [2.45, 2.75) is 18.0 Å². The molecular formula is C15H12F6N2O4. The highest BCUT2D eigenvalue weighted by Gasteiger charge is 2.71. The molecule has 0 aliphatic carbocycles. The molecule has 1 aliphatic heterocycles. The van der Waals surface area contributed by atoms with Gasteiger partial charge in [0.25, 0.3) is 17.4 Å². The zero-order chi connectivity index (χ0) is 20.6. The van der Waals surface area contributed by atoms with E-state index in [1.807, 2.05) is 0 Å². The van der Waals surface area contributed by atoms with Crippen molar-refractivity contribution < 1.29 is 46.1 Å². The number of nitrogens with one attached hydrogen (secondary N) is 1. The van der Waals surface area contributed by atoms with Crippen LogP contribution in [0.3, 0.4) is 0 Å². The second kappa shape index (κ2) is 6.85. The number of rotatable bonds is 5. The summed E-state index contributed by atoms with van der Waals surface area (Å²) in [5, 5.41) is 20.5. The van der Waals surface area contributed by atoms with Crippen LogP contribution in [-0.2, 0) is 15.2 Å². The first-order valence-electron chi connectivity index (χ1n) is 7.24. The molecule has 2 rings (SSSR count). The lowest BCUT2D eigenvalue weighted by molar-refractivity contribution is -0.376. The van der Waals surface area contributed by atoms with E-state index < -0.39 is 41.9 Å². The summed E-state index contributed by atoms with van der Waals surface area (Å²) in [4.78, 5) is 24.2. The Morgan fingerprint density at radius 1 is 0.963 bits per heavy atom. The minimum absolute atomic E-state index is 0.0938. The van der Waals surface area contributed by atoms with E-state index in [9.17, 15) is 41.0 Å². The molecule has 0 saturated heterocycles. The number of carbonyl (C=O) groups is 2. The Balaban J connectivity index is 2.27. The number of imide groups is 1. The molecule has 2 amide bonds. The molecule has 0 unspecified atom stereocenters.